The summed E-state index contributed by atoms with van der Waals surface area (Å²) in [5.41, 5.74) is 1.22. The molecular formula is C14H21NO4. The molecule has 1 amide bonds. The number of carbonyl (C=O) groups excluding carboxylic acids is 1. The van der Waals surface area contributed by atoms with E-state index in [1.165, 1.54) is 12.7 Å². The average molecular weight is 267 g/mol. The van der Waals surface area contributed by atoms with Gasteiger partial charge in [-0.1, -0.05) is 19.1 Å². The van der Waals surface area contributed by atoms with Gasteiger partial charge in [0.25, 0.3) is 5.91 Å². The first-order valence-electron chi connectivity index (χ1n) is 6.31. The molecular weight excluding hydrogens is 246 g/mol. The summed E-state index contributed by atoms with van der Waals surface area (Å²) in [5, 5.41) is 11.9. The number of carbonyl (C=O) groups is 1. The Bertz CT molecular complexity index is 378. The second-order valence-electron chi connectivity index (χ2n) is 4.20. The number of aliphatic hydroxyl groups excluding tert-OH is 1. The number of methoxy groups -OCH3 is 1. The fourth-order valence-corrected chi connectivity index (χ4v) is 1.50. The lowest BCUT2D eigenvalue weighted by Gasteiger charge is -2.11. The van der Waals surface area contributed by atoms with Gasteiger partial charge >= 0.3 is 0 Å². The van der Waals surface area contributed by atoms with Gasteiger partial charge < -0.3 is 19.9 Å². The van der Waals surface area contributed by atoms with Gasteiger partial charge in [-0.2, -0.15) is 0 Å². The van der Waals surface area contributed by atoms with Crippen molar-refractivity contribution in [3.63, 3.8) is 0 Å². The molecule has 0 aromatic heterocycles. The van der Waals surface area contributed by atoms with E-state index in [2.05, 4.69) is 12.2 Å². The van der Waals surface area contributed by atoms with Crippen molar-refractivity contribution in [3.05, 3.63) is 29.8 Å². The zero-order chi connectivity index (χ0) is 14.1. The van der Waals surface area contributed by atoms with E-state index in [4.69, 9.17) is 9.47 Å². The van der Waals surface area contributed by atoms with Crippen molar-refractivity contribution in [2.45, 2.75) is 19.4 Å². The number of amides is 1. The summed E-state index contributed by atoms with van der Waals surface area (Å²) < 4.78 is 10.1. The molecule has 5 heteroatoms. The van der Waals surface area contributed by atoms with Gasteiger partial charge in [-0.15, -0.1) is 0 Å². The van der Waals surface area contributed by atoms with E-state index in [0.29, 0.717) is 5.75 Å². The summed E-state index contributed by atoms with van der Waals surface area (Å²) in [4.78, 5) is 11.5. The van der Waals surface area contributed by atoms with Crippen molar-refractivity contribution in [1.82, 2.24) is 5.32 Å². The van der Waals surface area contributed by atoms with Crippen molar-refractivity contribution in [2.24, 2.45) is 0 Å². The van der Waals surface area contributed by atoms with E-state index in [-0.39, 0.29) is 25.7 Å². The third-order valence-corrected chi connectivity index (χ3v) is 2.60. The monoisotopic (exact) mass is 267 g/mol. The molecule has 0 saturated carbocycles. The largest absolute Gasteiger partial charge is 0.484 e. The minimum absolute atomic E-state index is 0.0643. The number of aryl methyl sites for hydroxylation is 1. The summed E-state index contributed by atoms with van der Waals surface area (Å²) in [7, 11) is 1.49. The van der Waals surface area contributed by atoms with Crippen LogP contribution in [0.5, 0.6) is 5.75 Å². The maximum atomic E-state index is 11.5. The molecule has 2 N–H and O–H groups in total. The fraction of sp³-hybridized carbons (Fsp3) is 0.500. The minimum atomic E-state index is -0.696. The van der Waals surface area contributed by atoms with Crippen LogP contribution in [0.2, 0.25) is 0 Å². The van der Waals surface area contributed by atoms with E-state index in [0.717, 1.165) is 6.42 Å². The van der Waals surface area contributed by atoms with Crippen LogP contribution in [0.3, 0.4) is 0 Å². The normalized spacial score (nSPS) is 11.9. The Kier molecular flexibility index (Phi) is 6.92. The quantitative estimate of drug-likeness (QED) is 0.729. The van der Waals surface area contributed by atoms with Crippen molar-refractivity contribution < 1.29 is 19.4 Å². The van der Waals surface area contributed by atoms with E-state index in [9.17, 15) is 9.90 Å². The topological polar surface area (TPSA) is 67.8 Å². The predicted molar refractivity (Wildman–Crippen MR) is 72.2 cm³/mol. The molecule has 1 aromatic carbocycles. The molecule has 0 saturated heterocycles. The van der Waals surface area contributed by atoms with Gasteiger partial charge in [-0.25, -0.2) is 0 Å². The summed E-state index contributed by atoms with van der Waals surface area (Å²) in [5.74, 6) is 0.388. The van der Waals surface area contributed by atoms with Crippen LogP contribution in [0.1, 0.15) is 12.5 Å². The molecule has 5 nitrogen and oxygen atoms in total. The molecule has 0 spiro atoms. The minimum Gasteiger partial charge on any atom is -0.484 e. The zero-order valence-corrected chi connectivity index (χ0v) is 11.4. The fourth-order valence-electron chi connectivity index (χ4n) is 1.50. The van der Waals surface area contributed by atoms with Crippen molar-refractivity contribution in [3.8, 4) is 5.75 Å². The molecule has 106 valence electrons. The highest BCUT2D eigenvalue weighted by Gasteiger charge is 2.07. The summed E-state index contributed by atoms with van der Waals surface area (Å²) in [6.07, 6.45) is 0.274. The summed E-state index contributed by atoms with van der Waals surface area (Å²) in [6, 6.07) is 7.61. The van der Waals surface area contributed by atoms with E-state index < -0.39 is 6.10 Å². The smallest absolute Gasteiger partial charge is 0.258 e. The van der Waals surface area contributed by atoms with Gasteiger partial charge in [0.1, 0.15) is 5.75 Å². The number of hydrogen-bond donors (Lipinski definition) is 2. The molecule has 0 aliphatic heterocycles. The third kappa shape index (κ3) is 6.22. The van der Waals surface area contributed by atoms with Crippen molar-refractivity contribution >= 4 is 5.91 Å². The molecule has 1 aromatic rings. The van der Waals surface area contributed by atoms with Gasteiger partial charge in [0, 0.05) is 13.7 Å². The standard InChI is InChI=1S/C14H21NO4/c1-3-11-4-6-13(7-5-11)19-10-14(17)15-8-12(16)9-18-2/h4-7,12,16H,3,8-10H2,1-2H3,(H,15,17). The van der Waals surface area contributed by atoms with E-state index in [1.807, 2.05) is 24.3 Å². The lowest BCUT2D eigenvalue weighted by molar-refractivity contribution is -0.123. The Morgan fingerprint density at radius 3 is 2.63 bits per heavy atom. The molecule has 0 radical (unpaired) electrons. The Balaban J connectivity index is 2.25. The molecule has 1 rings (SSSR count). The van der Waals surface area contributed by atoms with Gasteiger partial charge in [0.2, 0.25) is 0 Å². The van der Waals surface area contributed by atoms with Crippen LogP contribution in [0, 0.1) is 0 Å². The summed E-state index contributed by atoms with van der Waals surface area (Å²) >= 11 is 0. The van der Waals surface area contributed by atoms with Crippen molar-refractivity contribution in [2.75, 3.05) is 26.9 Å². The molecule has 0 aliphatic rings. The van der Waals surface area contributed by atoms with Crippen LogP contribution in [0.15, 0.2) is 24.3 Å². The SMILES string of the molecule is CCc1ccc(OCC(=O)NCC(O)COC)cc1. The van der Waals surface area contributed by atoms with E-state index in [1.54, 1.807) is 0 Å². The molecule has 0 bridgehead atoms. The third-order valence-electron chi connectivity index (χ3n) is 2.60. The molecule has 0 fully saturated rings. The molecule has 0 aliphatic carbocycles. The van der Waals surface area contributed by atoms with Gasteiger partial charge in [-0.05, 0) is 24.1 Å². The molecule has 0 heterocycles. The number of aliphatic hydroxyl groups is 1. The van der Waals surface area contributed by atoms with Crippen LogP contribution in [-0.2, 0) is 16.0 Å². The molecule has 1 atom stereocenters. The molecule has 19 heavy (non-hydrogen) atoms. The highest BCUT2D eigenvalue weighted by Crippen LogP contribution is 2.12. The Morgan fingerprint density at radius 1 is 1.37 bits per heavy atom. The number of rotatable bonds is 8. The summed E-state index contributed by atoms with van der Waals surface area (Å²) in [6.45, 7) is 2.37. The number of nitrogens with one attached hydrogen (secondary N) is 1. The van der Waals surface area contributed by atoms with Crippen LogP contribution >= 0.6 is 0 Å². The lowest BCUT2D eigenvalue weighted by Crippen LogP contribution is -2.36. The molecule has 1 unspecified atom stereocenters. The second-order valence-corrected chi connectivity index (χ2v) is 4.20. The van der Waals surface area contributed by atoms with Crippen LogP contribution in [0.25, 0.3) is 0 Å². The van der Waals surface area contributed by atoms with Crippen LogP contribution in [0.4, 0.5) is 0 Å². The van der Waals surface area contributed by atoms with Crippen molar-refractivity contribution in [1.29, 1.82) is 0 Å². The predicted octanol–water partition coefficient (Wildman–Crippen LogP) is 0.751. The van der Waals surface area contributed by atoms with Crippen LogP contribution in [-0.4, -0.2) is 44.0 Å². The van der Waals surface area contributed by atoms with Gasteiger partial charge in [-0.3, -0.25) is 4.79 Å². The van der Waals surface area contributed by atoms with E-state index >= 15 is 0 Å². The Labute approximate surface area is 113 Å². The average Bonchev–Trinajstić information content (AvgIpc) is 2.44. The number of ether oxygens (including phenoxy) is 2. The zero-order valence-electron chi connectivity index (χ0n) is 11.4. The van der Waals surface area contributed by atoms with Gasteiger partial charge in [0.05, 0.1) is 12.7 Å². The first kappa shape index (κ1) is 15.5. The highest BCUT2D eigenvalue weighted by atomic mass is 16.5. The van der Waals surface area contributed by atoms with Crippen LogP contribution < -0.4 is 10.1 Å². The highest BCUT2D eigenvalue weighted by molar-refractivity contribution is 5.77. The Hall–Kier alpha value is -1.59. The number of benzene rings is 1. The first-order chi connectivity index (χ1) is 9.15. The second kappa shape index (κ2) is 8.50. The maximum Gasteiger partial charge on any atom is 0.258 e. The Morgan fingerprint density at radius 2 is 2.05 bits per heavy atom. The van der Waals surface area contributed by atoms with Gasteiger partial charge in [0.15, 0.2) is 6.61 Å². The maximum absolute atomic E-state index is 11.5. The first-order valence-corrected chi connectivity index (χ1v) is 6.31. The number of hydrogen-bond acceptors (Lipinski definition) is 4. The lowest BCUT2D eigenvalue weighted by atomic mass is 10.2.